The lowest BCUT2D eigenvalue weighted by atomic mass is 9.99. The van der Waals surface area contributed by atoms with Gasteiger partial charge in [0, 0.05) is 34.7 Å². The Bertz CT molecular complexity index is 1420. The molecule has 0 fully saturated rings. The highest BCUT2D eigenvalue weighted by Gasteiger charge is 2.22. The van der Waals surface area contributed by atoms with Gasteiger partial charge < -0.3 is 9.67 Å². The molecule has 1 heterocycles. The minimum Gasteiger partial charge on any atom is -0.480 e. The molecule has 1 aromatic heterocycles. The Morgan fingerprint density at radius 1 is 1.07 bits per heavy atom. The van der Waals surface area contributed by atoms with Gasteiger partial charge in [-0.05, 0) is 41.6 Å². The van der Waals surface area contributed by atoms with Crippen LogP contribution in [0.3, 0.4) is 0 Å². The number of carboxylic acids is 1. The number of nitrogens with zero attached hydrogens (tertiary/aromatic N) is 1. The molecule has 3 aromatic carbocycles. The van der Waals surface area contributed by atoms with Crippen LogP contribution in [0.1, 0.15) is 16.8 Å². The van der Waals surface area contributed by atoms with E-state index in [2.05, 4.69) is 0 Å². The van der Waals surface area contributed by atoms with Crippen LogP contribution in [0.15, 0.2) is 59.5 Å². The van der Waals surface area contributed by atoms with Crippen LogP contribution >= 0.6 is 0 Å². The number of rotatable bonds is 5. The lowest BCUT2D eigenvalue weighted by molar-refractivity contribution is -0.137. The van der Waals surface area contributed by atoms with Crippen molar-refractivity contribution in [3.8, 4) is 0 Å². The zero-order valence-corrected chi connectivity index (χ0v) is 17.3. The van der Waals surface area contributed by atoms with Crippen LogP contribution < -0.4 is 0 Å². The molecule has 0 atom stereocenters. The second-order valence-corrected chi connectivity index (χ2v) is 9.38. The number of fused-ring (bicyclic) bond motifs is 2. The average molecular weight is 425 g/mol. The molecule has 5 nitrogen and oxygen atoms in total. The van der Waals surface area contributed by atoms with Gasteiger partial charge in [-0.3, -0.25) is 4.79 Å². The van der Waals surface area contributed by atoms with Crippen LogP contribution in [0.2, 0.25) is 0 Å². The van der Waals surface area contributed by atoms with Crippen molar-refractivity contribution in [1.29, 1.82) is 0 Å². The molecule has 1 N–H and O–H groups in total. The summed E-state index contributed by atoms with van der Waals surface area (Å²) < 4.78 is 41.0. The van der Waals surface area contributed by atoms with Gasteiger partial charge in [-0.25, -0.2) is 12.8 Å². The molecule has 154 valence electrons. The van der Waals surface area contributed by atoms with E-state index in [0.29, 0.717) is 33.1 Å². The van der Waals surface area contributed by atoms with Crippen molar-refractivity contribution in [3.05, 3.63) is 77.2 Å². The molecule has 0 aliphatic carbocycles. The molecule has 0 aliphatic heterocycles. The maximum Gasteiger partial charge on any atom is 0.323 e. The SMILES string of the molecule is Cc1c(Cc2ccc3ccccc3c2S(C)(=O)=O)c2cc(F)ccc2n1CC(=O)O. The summed E-state index contributed by atoms with van der Waals surface area (Å²) in [5.74, 6) is -1.44. The molecular weight excluding hydrogens is 405 g/mol. The highest BCUT2D eigenvalue weighted by molar-refractivity contribution is 7.91. The van der Waals surface area contributed by atoms with Crippen LogP contribution in [0.4, 0.5) is 4.39 Å². The second kappa shape index (κ2) is 7.25. The van der Waals surface area contributed by atoms with Gasteiger partial charge in [-0.2, -0.15) is 0 Å². The van der Waals surface area contributed by atoms with E-state index < -0.39 is 21.6 Å². The largest absolute Gasteiger partial charge is 0.480 e. The van der Waals surface area contributed by atoms with Gasteiger partial charge in [0.05, 0.1) is 4.90 Å². The first kappa shape index (κ1) is 20.1. The van der Waals surface area contributed by atoms with Gasteiger partial charge in [0.1, 0.15) is 12.4 Å². The average Bonchev–Trinajstić information content (AvgIpc) is 2.91. The number of hydrogen-bond donors (Lipinski definition) is 1. The second-order valence-electron chi connectivity index (χ2n) is 7.43. The van der Waals surface area contributed by atoms with Crippen LogP contribution in [-0.2, 0) is 27.6 Å². The standard InChI is InChI=1S/C23H20FNO4S/c1-14-19(20-12-17(24)9-10-21(20)25(14)13-22(26)27)11-16-8-7-15-5-3-4-6-18(15)23(16)30(2,28)29/h3-10,12H,11,13H2,1-2H3,(H,26,27). The Morgan fingerprint density at radius 3 is 2.50 bits per heavy atom. The lowest BCUT2D eigenvalue weighted by Crippen LogP contribution is -2.10. The summed E-state index contributed by atoms with van der Waals surface area (Å²) in [5.41, 5.74) is 2.59. The molecule has 0 aliphatic rings. The van der Waals surface area contributed by atoms with Gasteiger partial charge >= 0.3 is 5.97 Å². The number of halogens is 1. The highest BCUT2D eigenvalue weighted by atomic mass is 32.2. The van der Waals surface area contributed by atoms with Crippen molar-refractivity contribution in [1.82, 2.24) is 4.57 Å². The minimum absolute atomic E-state index is 0.242. The molecule has 0 saturated carbocycles. The highest BCUT2D eigenvalue weighted by Crippen LogP contribution is 2.33. The molecule has 0 amide bonds. The summed E-state index contributed by atoms with van der Waals surface area (Å²) in [6.07, 6.45) is 1.42. The fourth-order valence-electron chi connectivity index (χ4n) is 4.14. The van der Waals surface area contributed by atoms with Crippen LogP contribution in [0.25, 0.3) is 21.7 Å². The van der Waals surface area contributed by atoms with E-state index in [1.807, 2.05) is 18.2 Å². The zero-order valence-electron chi connectivity index (χ0n) is 16.5. The van der Waals surface area contributed by atoms with Gasteiger partial charge in [0.2, 0.25) is 0 Å². The summed E-state index contributed by atoms with van der Waals surface area (Å²) in [5, 5.41) is 11.3. The third kappa shape index (κ3) is 3.45. The Hall–Kier alpha value is -3.19. The Labute approximate surface area is 173 Å². The van der Waals surface area contributed by atoms with E-state index in [1.165, 1.54) is 18.4 Å². The molecular formula is C23H20FNO4S. The smallest absolute Gasteiger partial charge is 0.323 e. The zero-order chi connectivity index (χ0) is 21.6. The molecule has 0 spiro atoms. The van der Waals surface area contributed by atoms with Crippen molar-refractivity contribution in [2.45, 2.75) is 24.8 Å². The van der Waals surface area contributed by atoms with Crippen LogP contribution in [0, 0.1) is 12.7 Å². The molecule has 0 unspecified atom stereocenters. The number of sulfone groups is 1. The van der Waals surface area contributed by atoms with Crippen LogP contribution in [-0.4, -0.2) is 30.3 Å². The van der Waals surface area contributed by atoms with Crippen molar-refractivity contribution in [3.63, 3.8) is 0 Å². The predicted molar refractivity (Wildman–Crippen MR) is 114 cm³/mol. The minimum atomic E-state index is -3.54. The van der Waals surface area contributed by atoms with E-state index in [9.17, 15) is 22.7 Å². The van der Waals surface area contributed by atoms with E-state index in [1.54, 1.807) is 35.8 Å². The Morgan fingerprint density at radius 2 is 1.80 bits per heavy atom. The quantitative estimate of drug-likeness (QED) is 0.517. The molecule has 7 heteroatoms. The van der Waals surface area contributed by atoms with Crippen molar-refractivity contribution in [2.24, 2.45) is 0 Å². The summed E-state index contributed by atoms with van der Waals surface area (Å²) in [4.78, 5) is 11.6. The first-order valence-electron chi connectivity index (χ1n) is 9.36. The van der Waals surface area contributed by atoms with Gasteiger partial charge in [-0.15, -0.1) is 0 Å². The molecule has 30 heavy (non-hydrogen) atoms. The molecule has 0 bridgehead atoms. The van der Waals surface area contributed by atoms with Crippen molar-refractivity contribution in [2.75, 3.05) is 6.26 Å². The third-order valence-electron chi connectivity index (χ3n) is 5.41. The molecule has 0 saturated heterocycles. The number of benzene rings is 3. The van der Waals surface area contributed by atoms with Crippen molar-refractivity contribution >= 4 is 37.5 Å². The number of aliphatic carboxylic acids is 1. The summed E-state index contributed by atoms with van der Waals surface area (Å²) in [6.45, 7) is 1.52. The molecule has 4 rings (SSSR count). The lowest BCUT2D eigenvalue weighted by Gasteiger charge is -2.12. The normalized spacial score (nSPS) is 12.0. The van der Waals surface area contributed by atoms with Gasteiger partial charge in [0.25, 0.3) is 0 Å². The number of carboxylic acid groups (broad SMARTS) is 1. The maximum absolute atomic E-state index is 14.0. The number of hydrogen-bond acceptors (Lipinski definition) is 3. The van der Waals surface area contributed by atoms with E-state index in [4.69, 9.17) is 0 Å². The topological polar surface area (TPSA) is 76.4 Å². The first-order valence-corrected chi connectivity index (χ1v) is 11.3. The molecule has 0 radical (unpaired) electrons. The van der Waals surface area contributed by atoms with Gasteiger partial charge in [-0.1, -0.05) is 36.4 Å². The van der Waals surface area contributed by atoms with E-state index >= 15 is 0 Å². The van der Waals surface area contributed by atoms with Crippen LogP contribution in [0.5, 0.6) is 0 Å². The van der Waals surface area contributed by atoms with Gasteiger partial charge in [0.15, 0.2) is 9.84 Å². The van der Waals surface area contributed by atoms with E-state index in [-0.39, 0.29) is 17.9 Å². The Kier molecular flexibility index (Phi) is 4.86. The van der Waals surface area contributed by atoms with E-state index in [0.717, 1.165) is 5.39 Å². The Balaban J connectivity index is 1.98. The monoisotopic (exact) mass is 425 g/mol. The van der Waals surface area contributed by atoms with Crippen molar-refractivity contribution < 1.29 is 22.7 Å². The third-order valence-corrected chi connectivity index (χ3v) is 6.63. The number of carbonyl (C=O) groups is 1. The maximum atomic E-state index is 14.0. The first-order chi connectivity index (χ1) is 14.2. The fraction of sp³-hybridized carbons (Fsp3) is 0.174. The number of aromatic nitrogens is 1. The summed E-state index contributed by atoms with van der Waals surface area (Å²) >= 11 is 0. The predicted octanol–water partition coefficient (Wildman–Crippen LogP) is 4.32. The fourth-order valence-corrected chi connectivity index (χ4v) is 5.34. The summed E-state index contributed by atoms with van der Waals surface area (Å²) in [6, 6.07) is 15.1. The molecule has 4 aromatic rings. The summed E-state index contributed by atoms with van der Waals surface area (Å²) in [7, 11) is -3.54.